The summed E-state index contributed by atoms with van der Waals surface area (Å²) in [5.41, 5.74) is 3.36. The molecule has 0 radical (unpaired) electrons. The van der Waals surface area contributed by atoms with Crippen molar-refractivity contribution in [3.8, 4) is 5.69 Å². The summed E-state index contributed by atoms with van der Waals surface area (Å²) in [6.07, 6.45) is 2.17. The van der Waals surface area contributed by atoms with Crippen LogP contribution in [0.3, 0.4) is 0 Å². The van der Waals surface area contributed by atoms with Gasteiger partial charge in [0.15, 0.2) is 5.82 Å². The Hall–Kier alpha value is -1.87. The normalized spacial score (nSPS) is 11.2. The minimum Gasteiger partial charge on any atom is -0.295 e. The zero-order chi connectivity index (χ0) is 14.8. The maximum atomic E-state index is 13.9. The average molecular weight is 303 g/mol. The zero-order valence-corrected chi connectivity index (χ0v) is 12.6. The molecule has 0 saturated carbocycles. The number of alkyl halides is 1. The molecule has 0 fully saturated rings. The van der Waals surface area contributed by atoms with Gasteiger partial charge in [0, 0.05) is 5.69 Å². The maximum Gasteiger partial charge on any atom is 0.151 e. The molecule has 2 aromatic carbocycles. The summed E-state index contributed by atoms with van der Waals surface area (Å²) in [5, 5.41) is 0. The van der Waals surface area contributed by atoms with Crippen molar-refractivity contribution in [3.63, 3.8) is 0 Å². The first-order chi connectivity index (χ1) is 10.2. The third-order valence-corrected chi connectivity index (χ3v) is 3.80. The molecule has 0 aliphatic heterocycles. The fraction of sp³-hybridized carbons (Fsp3) is 0.235. The predicted molar refractivity (Wildman–Crippen MR) is 84.6 cm³/mol. The molecule has 21 heavy (non-hydrogen) atoms. The molecule has 0 atom stereocenters. The second kappa shape index (κ2) is 5.86. The van der Waals surface area contributed by atoms with E-state index in [1.54, 1.807) is 6.07 Å². The number of aromatic nitrogens is 2. The van der Waals surface area contributed by atoms with E-state index in [-0.39, 0.29) is 11.7 Å². The zero-order valence-electron chi connectivity index (χ0n) is 11.8. The van der Waals surface area contributed by atoms with Crippen LogP contribution >= 0.6 is 11.6 Å². The molecule has 0 N–H and O–H groups in total. The third-order valence-electron chi connectivity index (χ3n) is 3.56. The summed E-state index contributed by atoms with van der Waals surface area (Å²) in [4.78, 5) is 4.32. The highest BCUT2D eigenvalue weighted by Crippen LogP contribution is 2.24. The van der Waals surface area contributed by atoms with Crippen molar-refractivity contribution in [1.82, 2.24) is 9.55 Å². The number of nitrogens with zero attached hydrogens (tertiary/aromatic N) is 2. The van der Waals surface area contributed by atoms with Crippen LogP contribution in [0.4, 0.5) is 4.39 Å². The fourth-order valence-corrected chi connectivity index (χ4v) is 2.77. The van der Waals surface area contributed by atoms with E-state index in [1.165, 1.54) is 11.6 Å². The van der Waals surface area contributed by atoms with E-state index in [9.17, 15) is 4.39 Å². The SMILES string of the molecule is CCCc1ccc(-n2c(CCl)nc3c(F)cccc32)cc1. The smallest absolute Gasteiger partial charge is 0.151 e. The summed E-state index contributed by atoms with van der Waals surface area (Å²) in [6, 6.07) is 13.2. The van der Waals surface area contributed by atoms with Crippen molar-refractivity contribution in [2.45, 2.75) is 25.6 Å². The van der Waals surface area contributed by atoms with Gasteiger partial charge in [-0.3, -0.25) is 4.57 Å². The highest BCUT2D eigenvalue weighted by Gasteiger charge is 2.14. The maximum absolute atomic E-state index is 13.9. The van der Waals surface area contributed by atoms with E-state index in [1.807, 2.05) is 22.8 Å². The van der Waals surface area contributed by atoms with E-state index >= 15 is 0 Å². The van der Waals surface area contributed by atoms with Gasteiger partial charge in [0.25, 0.3) is 0 Å². The number of hydrogen-bond acceptors (Lipinski definition) is 1. The number of benzene rings is 2. The van der Waals surface area contributed by atoms with Crippen LogP contribution in [0.25, 0.3) is 16.7 Å². The molecule has 0 amide bonds. The third kappa shape index (κ3) is 2.54. The van der Waals surface area contributed by atoms with Crippen molar-refractivity contribution in [2.75, 3.05) is 0 Å². The van der Waals surface area contributed by atoms with Gasteiger partial charge in [-0.25, -0.2) is 9.37 Å². The Bertz CT molecular complexity index is 762. The second-order valence-electron chi connectivity index (χ2n) is 5.02. The molecule has 0 bridgehead atoms. The van der Waals surface area contributed by atoms with Gasteiger partial charge in [0.1, 0.15) is 11.3 Å². The summed E-state index contributed by atoms with van der Waals surface area (Å²) >= 11 is 5.98. The number of halogens is 2. The molecular formula is C17H16ClFN2. The van der Waals surface area contributed by atoms with E-state index < -0.39 is 0 Å². The lowest BCUT2D eigenvalue weighted by molar-refractivity contribution is 0.637. The van der Waals surface area contributed by atoms with E-state index in [2.05, 4.69) is 24.0 Å². The van der Waals surface area contributed by atoms with Crippen LogP contribution < -0.4 is 0 Å². The second-order valence-corrected chi connectivity index (χ2v) is 5.29. The van der Waals surface area contributed by atoms with E-state index in [0.717, 1.165) is 24.0 Å². The Balaban J connectivity index is 2.16. The quantitative estimate of drug-likeness (QED) is 0.630. The standard InChI is InChI=1S/C17H16ClFN2/c1-2-4-12-7-9-13(10-8-12)21-15-6-3-5-14(19)17(15)20-16(21)11-18/h3,5-10H,2,4,11H2,1H3. The number of hydrogen-bond donors (Lipinski definition) is 0. The van der Waals surface area contributed by atoms with Gasteiger partial charge in [0.2, 0.25) is 0 Å². The Morgan fingerprint density at radius 3 is 2.57 bits per heavy atom. The molecule has 4 heteroatoms. The molecule has 0 spiro atoms. The first-order valence-electron chi connectivity index (χ1n) is 7.05. The van der Waals surface area contributed by atoms with Crippen molar-refractivity contribution in [3.05, 3.63) is 59.7 Å². The van der Waals surface area contributed by atoms with Crippen LogP contribution in [0.1, 0.15) is 24.7 Å². The molecule has 3 aromatic rings. The first-order valence-corrected chi connectivity index (χ1v) is 7.59. The average Bonchev–Trinajstić information content (AvgIpc) is 2.88. The Morgan fingerprint density at radius 2 is 1.90 bits per heavy atom. The lowest BCUT2D eigenvalue weighted by atomic mass is 10.1. The van der Waals surface area contributed by atoms with Crippen molar-refractivity contribution in [1.29, 1.82) is 0 Å². The number of fused-ring (bicyclic) bond motifs is 1. The van der Waals surface area contributed by atoms with Gasteiger partial charge in [0.05, 0.1) is 11.4 Å². The number of rotatable bonds is 4. The molecule has 0 saturated heterocycles. The highest BCUT2D eigenvalue weighted by molar-refractivity contribution is 6.17. The van der Waals surface area contributed by atoms with Crippen LogP contribution in [-0.2, 0) is 12.3 Å². The van der Waals surface area contributed by atoms with Gasteiger partial charge < -0.3 is 0 Å². The summed E-state index contributed by atoms with van der Waals surface area (Å²) in [5.74, 6) is 0.574. The van der Waals surface area contributed by atoms with Gasteiger partial charge >= 0.3 is 0 Å². The van der Waals surface area contributed by atoms with Gasteiger partial charge in [-0.05, 0) is 36.2 Å². The molecule has 1 aromatic heterocycles. The van der Waals surface area contributed by atoms with Gasteiger partial charge in [-0.1, -0.05) is 31.5 Å². The summed E-state index contributed by atoms with van der Waals surface area (Å²) in [6.45, 7) is 2.16. The van der Waals surface area contributed by atoms with Crippen LogP contribution in [0.2, 0.25) is 0 Å². The van der Waals surface area contributed by atoms with Crippen molar-refractivity contribution in [2.24, 2.45) is 0 Å². The Labute approximate surface area is 128 Å². The fourth-order valence-electron chi connectivity index (χ4n) is 2.59. The highest BCUT2D eigenvalue weighted by atomic mass is 35.5. The lowest BCUT2D eigenvalue weighted by Gasteiger charge is -2.09. The molecular weight excluding hydrogens is 287 g/mol. The minimum atomic E-state index is -0.319. The molecule has 1 heterocycles. The van der Waals surface area contributed by atoms with Crippen LogP contribution in [0.15, 0.2) is 42.5 Å². The Kier molecular flexibility index (Phi) is 3.93. The molecule has 3 rings (SSSR count). The Morgan fingerprint density at radius 1 is 1.14 bits per heavy atom. The molecule has 108 valence electrons. The van der Waals surface area contributed by atoms with E-state index in [4.69, 9.17) is 11.6 Å². The van der Waals surface area contributed by atoms with Crippen molar-refractivity contribution >= 4 is 22.6 Å². The summed E-state index contributed by atoms with van der Waals surface area (Å²) < 4.78 is 15.8. The first kappa shape index (κ1) is 14.1. The lowest BCUT2D eigenvalue weighted by Crippen LogP contribution is -1.99. The number of aryl methyl sites for hydroxylation is 1. The predicted octanol–water partition coefficient (Wildman–Crippen LogP) is 4.86. The number of para-hydroxylation sites is 1. The van der Waals surface area contributed by atoms with Crippen LogP contribution in [0, 0.1) is 5.82 Å². The van der Waals surface area contributed by atoms with Crippen molar-refractivity contribution < 1.29 is 4.39 Å². The molecule has 0 aliphatic carbocycles. The van der Waals surface area contributed by atoms with Crippen LogP contribution in [0.5, 0.6) is 0 Å². The molecule has 0 unspecified atom stereocenters. The van der Waals surface area contributed by atoms with E-state index in [0.29, 0.717) is 11.3 Å². The monoisotopic (exact) mass is 302 g/mol. The van der Waals surface area contributed by atoms with Crippen LogP contribution in [-0.4, -0.2) is 9.55 Å². The molecule has 0 aliphatic rings. The van der Waals surface area contributed by atoms with Gasteiger partial charge in [-0.15, -0.1) is 11.6 Å². The molecule has 2 nitrogen and oxygen atoms in total. The topological polar surface area (TPSA) is 17.8 Å². The van der Waals surface area contributed by atoms with Gasteiger partial charge in [-0.2, -0.15) is 0 Å². The number of imidazole rings is 1. The largest absolute Gasteiger partial charge is 0.295 e. The minimum absolute atomic E-state index is 0.241. The summed E-state index contributed by atoms with van der Waals surface area (Å²) in [7, 11) is 0.